The van der Waals surface area contributed by atoms with E-state index in [0.717, 1.165) is 5.69 Å². The van der Waals surface area contributed by atoms with Gasteiger partial charge in [-0.05, 0) is 48.2 Å². The summed E-state index contributed by atoms with van der Waals surface area (Å²) in [6.07, 6.45) is 2.57. The molecule has 18 heavy (non-hydrogen) atoms. The van der Waals surface area contributed by atoms with Crippen LogP contribution in [0, 0.1) is 6.92 Å². The van der Waals surface area contributed by atoms with Crippen LogP contribution in [0.15, 0.2) is 22.9 Å². The first-order chi connectivity index (χ1) is 8.83. The van der Waals surface area contributed by atoms with Crippen molar-refractivity contribution in [3.05, 3.63) is 34.3 Å². The van der Waals surface area contributed by atoms with E-state index in [1.165, 1.54) is 48.4 Å². The van der Waals surface area contributed by atoms with Crippen molar-refractivity contribution in [1.82, 2.24) is 4.98 Å². The van der Waals surface area contributed by atoms with Crippen molar-refractivity contribution in [3.8, 4) is 11.1 Å². The molecular weight excluding hydrogens is 240 g/mol. The Labute approximate surface area is 111 Å². The minimum atomic E-state index is 0.697. The molecule has 0 radical (unpaired) electrons. The first-order valence-electron chi connectivity index (χ1n) is 6.62. The van der Waals surface area contributed by atoms with Gasteiger partial charge in [0.05, 0.1) is 11.4 Å². The van der Waals surface area contributed by atoms with E-state index < -0.39 is 0 Å². The Bertz CT molecular complexity index is 581. The van der Waals surface area contributed by atoms with Gasteiger partial charge in [0.25, 0.3) is 0 Å². The van der Waals surface area contributed by atoms with Gasteiger partial charge in [-0.2, -0.15) is 11.3 Å². The normalized spacial score (nSPS) is 18.2. The molecule has 3 heteroatoms. The van der Waals surface area contributed by atoms with E-state index in [0.29, 0.717) is 5.92 Å². The lowest BCUT2D eigenvalue weighted by molar-refractivity contribution is 0.463. The highest BCUT2D eigenvalue weighted by molar-refractivity contribution is 7.08. The molecule has 3 aliphatic rings. The molecule has 3 aliphatic heterocycles. The van der Waals surface area contributed by atoms with Crippen molar-refractivity contribution >= 4 is 17.0 Å². The van der Waals surface area contributed by atoms with Crippen molar-refractivity contribution in [2.45, 2.75) is 25.7 Å². The molecule has 0 spiro atoms. The van der Waals surface area contributed by atoms with E-state index in [1.807, 2.05) is 0 Å². The number of thiophene rings is 1. The highest BCUT2D eigenvalue weighted by atomic mass is 32.1. The van der Waals surface area contributed by atoms with E-state index in [4.69, 9.17) is 4.98 Å². The van der Waals surface area contributed by atoms with Crippen LogP contribution in [-0.4, -0.2) is 18.1 Å². The average Bonchev–Trinajstić information content (AvgIpc) is 2.92. The number of hydrogen-bond acceptors (Lipinski definition) is 3. The highest BCUT2D eigenvalue weighted by Gasteiger charge is 2.34. The Morgan fingerprint density at radius 1 is 1.33 bits per heavy atom. The molecule has 0 N–H and O–H groups in total. The number of fused-ring (bicyclic) bond motifs is 2. The van der Waals surface area contributed by atoms with Crippen molar-refractivity contribution in [3.63, 3.8) is 0 Å². The number of aryl methyl sites for hydroxylation is 1. The van der Waals surface area contributed by atoms with Gasteiger partial charge in [-0.15, -0.1) is 0 Å². The fourth-order valence-corrected chi connectivity index (χ4v) is 3.98. The molecule has 5 heterocycles. The molecule has 92 valence electrons. The highest BCUT2D eigenvalue weighted by Crippen LogP contribution is 2.46. The largest absolute Gasteiger partial charge is 0.370 e. The Morgan fingerprint density at radius 2 is 2.17 bits per heavy atom. The molecule has 0 unspecified atom stereocenters. The minimum absolute atomic E-state index is 0.697. The van der Waals surface area contributed by atoms with Gasteiger partial charge in [0.15, 0.2) is 0 Å². The molecule has 2 nitrogen and oxygen atoms in total. The van der Waals surface area contributed by atoms with Crippen LogP contribution in [0.4, 0.5) is 5.69 Å². The summed E-state index contributed by atoms with van der Waals surface area (Å²) in [5.41, 5.74) is 6.68. The zero-order valence-corrected chi connectivity index (χ0v) is 11.3. The molecule has 2 aromatic heterocycles. The van der Waals surface area contributed by atoms with Crippen LogP contribution in [0.1, 0.15) is 30.1 Å². The van der Waals surface area contributed by atoms with Crippen LogP contribution >= 0.6 is 11.3 Å². The molecule has 0 amide bonds. The Kier molecular flexibility index (Phi) is 2.24. The molecule has 5 rings (SSSR count). The van der Waals surface area contributed by atoms with Crippen molar-refractivity contribution in [2.75, 3.05) is 18.0 Å². The second-order valence-electron chi connectivity index (χ2n) is 5.32. The van der Waals surface area contributed by atoms with Crippen molar-refractivity contribution < 1.29 is 0 Å². The second-order valence-corrected chi connectivity index (χ2v) is 6.10. The summed E-state index contributed by atoms with van der Waals surface area (Å²) in [4.78, 5) is 7.37. The summed E-state index contributed by atoms with van der Waals surface area (Å²) in [7, 11) is 0. The maximum absolute atomic E-state index is 4.83. The second kappa shape index (κ2) is 3.82. The fourth-order valence-electron chi connectivity index (χ4n) is 3.32. The fraction of sp³-hybridized carbons (Fsp3) is 0.400. The van der Waals surface area contributed by atoms with Crippen LogP contribution in [-0.2, 0) is 0 Å². The monoisotopic (exact) mass is 256 g/mol. The quantitative estimate of drug-likeness (QED) is 0.771. The van der Waals surface area contributed by atoms with E-state index in [9.17, 15) is 0 Å². The lowest BCUT2D eigenvalue weighted by Gasteiger charge is -2.42. The molecule has 2 aromatic rings. The SMILES string of the molecule is Cc1cc(-c2ccsc2)c2c(n1)C1CCN2CC1. The molecule has 0 aromatic carbocycles. The predicted molar refractivity (Wildman–Crippen MR) is 76.5 cm³/mol. The zero-order chi connectivity index (χ0) is 12.1. The number of anilines is 1. The third kappa shape index (κ3) is 1.43. The molecule has 0 atom stereocenters. The number of aromatic nitrogens is 1. The summed E-state index contributed by atoms with van der Waals surface area (Å²) in [6, 6.07) is 4.48. The predicted octanol–water partition coefficient (Wildman–Crippen LogP) is 3.82. The smallest absolute Gasteiger partial charge is 0.0678 e. The van der Waals surface area contributed by atoms with E-state index in [2.05, 4.69) is 34.7 Å². The van der Waals surface area contributed by atoms with Gasteiger partial charge in [0.2, 0.25) is 0 Å². The lowest BCUT2D eigenvalue weighted by Crippen LogP contribution is -2.39. The summed E-state index contributed by atoms with van der Waals surface area (Å²) >= 11 is 1.77. The van der Waals surface area contributed by atoms with Gasteiger partial charge >= 0.3 is 0 Å². The van der Waals surface area contributed by atoms with Crippen molar-refractivity contribution in [1.29, 1.82) is 0 Å². The number of rotatable bonds is 1. The Morgan fingerprint density at radius 3 is 2.89 bits per heavy atom. The van der Waals surface area contributed by atoms with Gasteiger partial charge in [0.1, 0.15) is 0 Å². The van der Waals surface area contributed by atoms with Crippen LogP contribution in [0.5, 0.6) is 0 Å². The first kappa shape index (κ1) is 10.6. The summed E-state index contributed by atoms with van der Waals surface area (Å²) in [6.45, 7) is 4.53. The molecular formula is C15H16N2S. The Balaban J connectivity index is 1.99. The average molecular weight is 256 g/mol. The maximum Gasteiger partial charge on any atom is 0.0678 e. The number of hydrogen-bond donors (Lipinski definition) is 0. The van der Waals surface area contributed by atoms with Gasteiger partial charge in [0, 0.05) is 30.3 Å². The molecule has 0 saturated carbocycles. The molecule has 1 saturated heterocycles. The Hall–Kier alpha value is -1.35. The lowest BCUT2D eigenvalue weighted by atomic mass is 9.84. The summed E-state index contributed by atoms with van der Waals surface area (Å²) in [5, 5.41) is 4.41. The van der Waals surface area contributed by atoms with E-state index >= 15 is 0 Å². The zero-order valence-electron chi connectivity index (χ0n) is 10.5. The third-order valence-electron chi connectivity index (χ3n) is 4.18. The van der Waals surface area contributed by atoms with Crippen LogP contribution in [0.25, 0.3) is 11.1 Å². The topological polar surface area (TPSA) is 16.1 Å². The molecule has 1 fully saturated rings. The van der Waals surface area contributed by atoms with Gasteiger partial charge in [-0.3, -0.25) is 4.98 Å². The third-order valence-corrected chi connectivity index (χ3v) is 4.86. The van der Waals surface area contributed by atoms with Crippen LogP contribution < -0.4 is 4.90 Å². The van der Waals surface area contributed by atoms with Gasteiger partial charge in [-0.1, -0.05) is 0 Å². The number of pyridine rings is 1. The summed E-state index contributed by atoms with van der Waals surface area (Å²) < 4.78 is 0. The van der Waals surface area contributed by atoms with E-state index in [-0.39, 0.29) is 0 Å². The number of piperidine rings is 1. The van der Waals surface area contributed by atoms with E-state index in [1.54, 1.807) is 11.3 Å². The minimum Gasteiger partial charge on any atom is -0.370 e. The molecule has 2 bridgehead atoms. The first-order valence-corrected chi connectivity index (χ1v) is 7.56. The van der Waals surface area contributed by atoms with Gasteiger partial charge in [-0.25, -0.2) is 0 Å². The standard InChI is InChI=1S/C15H16N2S/c1-10-8-13(12-4-7-18-9-12)15-14(16-10)11-2-5-17(15)6-3-11/h4,7-9,11H,2-3,5-6H2,1H3. The van der Waals surface area contributed by atoms with Crippen LogP contribution in [0.2, 0.25) is 0 Å². The van der Waals surface area contributed by atoms with Crippen LogP contribution in [0.3, 0.4) is 0 Å². The maximum atomic E-state index is 4.83. The van der Waals surface area contributed by atoms with Crippen molar-refractivity contribution in [2.24, 2.45) is 0 Å². The number of nitrogens with zero attached hydrogens (tertiary/aromatic N) is 2. The van der Waals surface area contributed by atoms with Gasteiger partial charge < -0.3 is 4.90 Å². The summed E-state index contributed by atoms with van der Waals surface area (Å²) in [5.74, 6) is 0.697. The molecule has 0 aliphatic carbocycles.